The van der Waals surface area contributed by atoms with Crippen molar-refractivity contribution >= 4 is 29.9 Å². The zero-order chi connectivity index (χ0) is 26.9. The minimum absolute atomic E-state index is 0.00554. The lowest BCUT2D eigenvalue weighted by Gasteiger charge is -2.24. The van der Waals surface area contributed by atoms with Gasteiger partial charge < -0.3 is 34.7 Å². The first kappa shape index (κ1) is 30.7. The summed E-state index contributed by atoms with van der Waals surface area (Å²) in [6, 6.07) is 3.25. The van der Waals surface area contributed by atoms with Gasteiger partial charge in [-0.3, -0.25) is 24.1 Å². The predicted octanol–water partition coefficient (Wildman–Crippen LogP) is -0.0770. The molecule has 1 aliphatic rings. The number of aldehydes is 1. The highest BCUT2D eigenvalue weighted by Crippen LogP contribution is 2.33. The number of carbonyl (C=O) groups is 5. The van der Waals surface area contributed by atoms with Crippen LogP contribution in [0.15, 0.2) is 18.2 Å². The predicted molar refractivity (Wildman–Crippen MR) is 129 cm³/mol. The number of aliphatic hydroxyl groups is 1. The molecule has 12 heteroatoms. The summed E-state index contributed by atoms with van der Waals surface area (Å²) in [6.45, 7) is 4.89. The van der Waals surface area contributed by atoms with Crippen LogP contribution < -0.4 is 15.4 Å². The van der Waals surface area contributed by atoms with Crippen molar-refractivity contribution in [2.75, 3.05) is 53.2 Å². The van der Waals surface area contributed by atoms with Gasteiger partial charge in [0.2, 0.25) is 5.91 Å². The molecule has 1 aliphatic heterocycles. The van der Waals surface area contributed by atoms with Gasteiger partial charge in [-0.25, -0.2) is 0 Å². The van der Waals surface area contributed by atoms with Gasteiger partial charge in [-0.2, -0.15) is 0 Å². The van der Waals surface area contributed by atoms with Crippen LogP contribution in [-0.4, -0.2) is 99.2 Å². The second-order valence-corrected chi connectivity index (χ2v) is 7.12. The van der Waals surface area contributed by atoms with Gasteiger partial charge in [0.15, 0.2) is 6.61 Å². The highest BCUT2D eigenvalue weighted by Gasteiger charge is 2.44. The van der Waals surface area contributed by atoms with Crippen LogP contribution in [0.1, 0.15) is 47.4 Å². The summed E-state index contributed by atoms with van der Waals surface area (Å²) >= 11 is 0. The van der Waals surface area contributed by atoms with Crippen molar-refractivity contribution in [3.05, 3.63) is 29.3 Å². The molecule has 4 amide bonds. The fraction of sp³-hybridized carbons (Fsp3) is 0.542. The molecule has 1 heterocycles. The number of likely N-dealkylation sites (N-methyl/N-ethyl adjacent to an activating group) is 1. The third-order valence-corrected chi connectivity index (χ3v) is 4.86. The van der Waals surface area contributed by atoms with Crippen LogP contribution in [0.3, 0.4) is 0 Å². The molecule has 36 heavy (non-hydrogen) atoms. The first-order valence-corrected chi connectivity index (χ1v) is 11.8. The van der Waals surface area contributed by atoms with E-state index in [0.29, 0.717) is 19.5 Å². The first-order valence-electron chi connectivity index (χ1n) is 11.8. The summed E-state index contributed by atoms with van der Waals surface area (Å²) in [5.74, 6) is -2.39. The highest BCUT2D eigenvalue weighted by molar-refractivity contribution is 6.24. The summed E-state index contributed by atoms with van der Waals surface area (Å²) < 4.78 is 15.8. The molecule has 0 saturated carbocycles. The molecule has 0 spiro atoms. The number of hydrogen-bond acceptors (Lipinski definition) is 9. The van der Waals surface area contributed by atoms with Crippen LogP contribution in [0.5, 0.6) is 5.75 Å². The van der Waals surface area contributed by atoms with E-state index in [9.17, 15) is 24.0 Å². The summed E-state index contributed by atoms with van der Waals surface area (Å²) in [7, 11) is 1.37. The Labute approximate surface area is 210 Å². The fourth-order valence-electron chi connectivity index (χ4n) is 3.29. The van der Waals surface area contributed by atoms with E-state index >= 15 is 0 Å². The van der Waals surface area contributed by atoms with Crippen LogP contribution in [0.4, 0.5) is 0 Å². The quantitative estimate of drug-likeness (QED) is 0.157. The molecule has 200 valence electrons. The van der Waals surface area contributed by atoms with E-state index in [2.05, 4.69) is 10.6 Å². The van der Waals surface area contributed by atoms with E-state index in [4.69, 9.17) is 19.3 Å². The zero-order valence-corrected chi connectivity index (χ0v) is 20.9. The Kier molecular flexibility index (Phi) is 14.6. The van der Waals surface area contributed by atoms with Crippen LogP contribution in [0.25, 0.3) is 0 Å². The monoisotopic (exact) mass is 509 g/mol. The summed E-state index contributed by atoms with van der Waals surface area (Å²) in [4.78, 5) is 61.9. The normalized spacial score (nSPS) is 12.8. The molecule has 0 fully saturated rings. The van der Waals surface area contributed by atoms with Crippen molar-refractivity contribution < 1.29 is 43.3 Å². The maximum absolute atomic E-state index is 13.1. The Hall–Kier alpha value is -3.35. The number of benzene rings is 1. The number of imide groups is 1. The lowest BCUT2D eigenvalue weighted by atomic mass is 10.1. The van der Waals surface area contributed by atoms with Gasteiger partial charge in [-0.1, -0.05) is 19.9 Å². The molecular formula is C24H35N3O9. The van der Waals surface area contributed by atoms with E-state index in [1.807, 2.05) is 13.8 Å². The van der Waals surface area contributed by atoms with Crippen molar-refractivity contribution in [1.29, 1.82) is 0 Å². The largest absolute Gasteiger partial charge is 0.483 e. The standard InChI is InChI=1S/C22H29N3O9.C2H6/c1-23-20(29)16(5-3-8-26)25-21(30)15-4-2-6-17(19(15)22(25)31)34-14-18(28)24-7-10-32-12-13-33-11-9-27;1-2/h2,4,6,8,16,27H,3,5,7,9-14H2,1H3,(H,23,29)(H,24,28);1-2H3. The lowest BCUT2D eigenvalue weighted by Crippen LogP contribution is -2.48. The minimum atomic E-state index is -1.15. The van der Waals surface area contributed by atoms with Crippen molar-refractivity contribution in [2.24, 2.45) is 0 Å². The van der Waals surface area contributed by atoms with Crippen molar-refractivity contribution in [3.63, 3.8) is 0 Å². The molecule has 1 aromatic carbocycles. The summed E-state index contributed by atoms with van der Waals surface area (Å²) in [5.41, 5.74) is 0.0197. The molecule has 1 aromatic rings. The van der Waals surface area contributed by atoms with Crippen LogP contribution in [0, 0.1) is 0 Å². The molecular weight excluding hydrogens is 474 g/mol. The highest BCUT2D eigenvalue weighted by atomic mass is 16.5. The molecule has 2 rings (SSSR count). The van der Waals surface area contributed by atoms with E-state index in [0.717, 1.165) is 4.90 Å². The van der Waals surface area contributed by atoms with E-state index in [-0.39, 0.29) is 56.1 Å². The number of hydrogen-bond donors (Lipinski definition) is 3. The molecule has 0 aliphatic carbocycles. The van der Waals surface area contributed by atoms with E-state index < -0.39 is 36.3 Å². The number of rotatable bonds is 16. The van der Waals surface area contributed by atoms with Crippen molar-refractivity contribution in [2.45, 2.75) is 32.7 Å². The van der Waals surface area contributed by atoms with E-state index in [1.54, 1.807) is 0 Å². The number of aliphatic hydroxyl groups excluding tert-OH is 1. The van der Waals surface area contributed by atoms with Gasteiger partial charge in [-0.15, -0.1) is 0 Å². The van der Waals surface area contributed by atoms with Crippen LogP contribution in [0.2, 0.25) is 0 Å². The molecule has 1 unspecified atom stereocenters. The number of fused-ring (bicyclic) bond motifs is 1. The van der Waals surface area contributed by atoms with Crippen molar-refractivity contribution in [3.8, 4) is 5.75 Å². The lowest BCUT2D eigenvalue weighted by molar-refractivity contribution is -0.125. The van der Waals surface area contributed by atoms with Gasteiger partial charge in [0.1, 0.15) is 18.1 Å². The summed E-state index contributed by atoms with van der Waals surface area (Å²) in [6.07, 6.45) is 0.592. The Bertz CT molecular complexity index is 892. The number of nitrogens with one attached hydrogen (secondary N) is 2. The minimum Gasteiger partial charge on any atom is -0.483 e. The molecule has 3 N–H and O–H groups in total. The van der Waals surface area contributed by atoms with Crippen molar-refractivity contribution in [1.82, 2.24) is 15.5 Å². The maximum Gasteiger partial charge on any atom is 0.266 e. The maximum atomic E-state index is 13.1. The van der Waals surface area contributed by atoms with Crippen LogP contribution in [-0.2, 0) is 23.9 Å². The Balaban J connectivity index is 0.00000316. The Morgan fingerprint density at radius 3 is 2.42 bits per heavy atom. The molecule has 0 saturated heterocycles. The smallest absolute Gasteiger partial charge is 0.266 e. The Morgan fingerprint density at radius 2 is 1.78 bits per heavy atom. The second-order valence-electron chi connectivity index (χ2n) is 7.12. The molecule has 0 aromatic heterocycles. The topological polar surface area (TPSA) is 161 Å². The number of nitrogens with zero attached hydrogens (tertiary/aromatic N) is 1. The average Bonchev–Trinajstić information content (AvgIpc) is 3.15. The van der Waals surface area contributed by atoms with E-state index in [1.165, 1.54) is 25.2 Å². The van der Waals surface area contributed by atoms with Gasteiger partial charge in [-0.05, 0) is 18.6 Å². The van der Waals surface area contributed by atoms with Crippen LogP contribution >= 0.6 is 0 Å². The molecule has 12 nitrogen and oxygen atoms in total. The van der Waals surface area contributed by atoms with Gasteiger partial charge in [0.05, 0.1) is 44.2 Å². The molecule has 1 atom stereocenters. The number of carbonyl (C=O) groups excluding carboxylic acids is 5. The van der Waals surface area contributed by atoms with Gasteiger partial charge in [0.25, 0.3) is 17.7 Å². The third-order valence-electron chi connectivity index (χ3n) is 4.86. The SMILES string of the molecule is CC.CNC(=O)C(CCC=O)N1C(=O)c2cccc(OCC(=O)NCCOCCOCCO)c2C1=O. The average molecular weight is 510 g/mol. The second kappa shape index (κ2) is 17.1. The molecule has 0 radical (unpaired) electrons. The number of ether oxygens (including phenoxy) is 3. The molecule has 0 bridgehead atoms. The van der Waals surface area contributed by atoms with Gasteiger partial charge in [0, 0.05) is 20.0 Å². The Morgan fingerprint density at radius 1 is 1.08 bits per heavy atom. The fourth-order valence-corrected chi connectivity index (χ4v) is 3.29. The first-order chi connectivity index (χ1) is 17.5. The third kappa shape index (κ3) is 8.70. The van der Waals surface area contributed by atoms with Gasteiger partial charge >= 0.3 is 0 Å². The summed E-state index contributed by atoms with van der Waals surface area (Å²) in [5, 5.41) is 13.6. The zero-order valence-electron chi connectivity index (χ0n) is 20.9. The number of amides is 4.